The van der Waals surface area contributed by atoms with Crippen LogP contribution in [0.3, 0.4) is 0 Å². The topological polar surface area (TPSA) is 91.8 Å². The summed E-state index contributed by atoms with van der Waals surface area (Å²) < 4.78 is 1.21. The van der Waals surface area contributed by atoms with Crippen LogP contribution in [0, 0.1) is 3.57 Å². The van der Waals surface area contributed by atoms with Gasteiger partial charge in [0, 0.05) is 33.3 Å². The molecule has 4 rings (SSSR count). The number of amides is 1. The summed E-state index contributed by atoms with van der Waals surface area (Å²) in [7, 11) is 0. The monoisotopic (exact) mass is 550 g/mol. The second-order valence-electron chi connectivity index (χ2n) is 7.42. The van der Waals surface area contributed by atoms with Crippen molar-refractivity contribution in [3.8, 4) is 11.3 Å². The van der Waals surface area contributed by atoms with Crippen molar-refractivity contribution in [1.82, 2.24) is 15.2 Å². The number of pyridine rings is 1. The van der Waals surface area contributed by atoms with E-state index in [0.29, 0.717) is 11.5 Å². The van der Waals surface area contributed by atoms with Crippen LogP contribution < -0.4 is 16.0 Å². The van der Waals surface area contributed by atoms with Crippen LogP contribution in [0.15, 0.2) is 85.2 Å². The maximum Gasteiger partial charge on any atom is 0.244 e. The molecule has 0 saturated heterocycles. The maximum atomic E-state index is 12.2. The molecule has 7 nitrogen and oxygen atoms in total. The van der Waals surface area contributed by atoms with Gasteiger partial charge in [0.2, 0.25) is 5.91 Å². The van der Waals surface area contributed by atoms with Crippen LogP contribution in [0.2, 0.25) is 0 Å². The van der Waals surface area contributed by atoms with Crippen LogP contribution in [0.5, 0.6) is 0 Å². The summed E-state index contributed by atoms with van der Waals surface area (Å²) >= 11 is 2.35. The van der Waals surface area contributed by atoms with Crippen molar-refractivity contribution in [1.29, 1.82) is 0 Å². The lowest BCUT2D eigenvalue weighted by atomic mass is 10.1. The molecule has 0 bridgehead atoms. The molecule has 1 amide bonds. The number of para-hydroxylation sites is 1. The van der Waals surface area contributed by atoms with E-state index < -0.39 is 0 Å². The number of nitrogens with zero attached hydrogens (tertiary/aromatic N) is 3. The zero-order valence-electron chi connectivity index (χ0n) is 18.0. The van der Waals surface area contributed by atoms with E-state index in [1.54, 1.807) is 18.5 Å². The zero-order chi connectivity index (χ0) is 23.0. The molecule has 2 heterocycles. The first-order valence-corrected chi connectivity index (χ1v) is 11.6. The average Bonchev–Trinajstić information content (AvgIpc) is 2.84. The van der Waals surface area contributed by atoms with Crippen molar-refractivity contribution < 1.29 is 4.79 Å². The first-order chi connectivity index (χ1) is 16.1. The van der Waals surface area contributed by atoms with E-state index in [-0.39, 0.29) is 18.5 Å². The van der Waals surface area contributed by atoms with Gasteiger partial charge < -0.3 is 16.0 Å². The van der Waals surface area contributed by atoms with Crippen LogP contribution >= 0.6 is 22.6 Å². The summed E-state index contributed by atoms with van der Waals surface area (Å²) in [6, 6.07) is 23.5. The molecule has 0 fully saturated rings. The predicted octanol–water partition coefficient (Wildman–Crippen LogP) is 5.37. The number of hydrogen-bond acceptors (Lipinski definition) is 6. The Morgan fingerprint density at radius 1 is 0.939 bits per heavy atom. The van der Waals surface area contributed by atoms with E-state index in [9.17, 15) is 4.79 Å². The van der Waals surface area contributed by atoms with Gasteiger partial charge in [0.05, 0.1) is 17.9 Å². The molecule has 0 aliphatic carbocycles. The van der Waals surface area contributed by atoms with Crippen molar-refractivity contribution in [3.63, 3.8) is 0 Å². The highest BCUT2D eigenvalue weighted by atomic mass is 127. The number of carbonyl (C=O) groups excluding carboxylic acids is 1. The Hall–Kier alpha value is -3.53. The van der Waals surface area contributed by atoms with E-state index in [1.807, 2.05) is 54.6 Å². The van der Waals surface area contributed by atoms with Gasteiger partial charge >= 0.3 is 0 Å². The number of rotatable bonds is 8. The Labute approximate surface area is 206 Å². The molecule has 0 spiro atoms. The molecule has 1 atom stereocenters. The van der Waals surface area contributed by atoms with Crippen LogP contribution in [0.1, 0.15) is 18.5 Å². The number of aromatic nitrogens is 3. The maximum absolute atomic E-state index is 12.2. The largest absolute Gasteiger partial charge is 0.377 e. The number of benzene rings is 2. The smallest absolute Gasteiger partial charge is 0.244 e. The minimum absolute atomic E-state index is 0.128. The lowest BCUT2D eigenvalue weighted by molar-refractivity contribution is -0.114. The van der Waals surface area contributed by atoms with E-state index in [1.165, 1.54) is 9.13 Å². The van der Waals surface area contributed by atoms with Gasteiger partial charge in [-0.3, -0.25) is 9.78 Å². The molecule has 3 N–H and O–H groups in total. The summed E-state index contributed by atoms with van der Waals surface area (Å²) in [5, 5.41) is 17.7. The standard InChI is InChI=1S/C25H23IN6O/c1-17(21-9-5-6-10-22(21)26)29-20-13-18(14-27-15-20)23-11-12-24(32-31-23)30-25(33)16-28-19-7-3-2-4-8-19/h2-15,17,28-29H,16H2,1H3,(H,30,32,33). The summed E-state index contributed by atoms with van der Waals surface area (Å²) in [5.41, 5.74) is 4.52. The first kappa shape index (κ1) is 22.7. The third kappa shape index (κ3) is 6.26. The van der Waals surface area contributed by atoms with E-state index >= 15 is 0 Å². The number of hydrogen-bond donors (Lipinski definition) is 3. The molecule has 33 heavy (non-hydrogen) atoms. The van der Waals surface area contributed by atoms with Gasteiger partial charge in [-0.1, -0.05) is 36.4 Å². The summed E-state index contributed by atoms with van der Waals surface area (Å²) in [6.07, 6.45) is 3.53. The predicted molar refractivity (Wildman–Crippen MR) is 140 cm³/mol. The molecule has 0 aliphatic rings. The molecule has 0 saturated carbocycles. The van der Waals surface area contributed by atoms with Crippen LogP contribution in [-0.4, -0.2) is 27.6 Å². The Balaban J connectivity index is 1.37. The molecule has 8 heteroatoms. The van der Waals surface area contributed by atoms with Crippen molar-refractivity contribution in [2.75, 3.05) is 22.5 Å². The molecule has 2 aromatic carbocycles. The SMILES string of the molecule is CC(Nc1cncc(-c2ccc(NC(=O)CNc3ccccc3)nn2)c1)c1ccccc1I. The van der Waals surface area contributed by atoms with Gasteiger partial charge in [-0.05, 0) is 71.5 Å². The number of nitrogens with one attached hydrogen (secondary N) is 3. The summed E-state index contributed by atoms with van der Waals surface area (Å²) in [5.74, 6) is 0.200. The zero-order valence-corrected chi connectivity index (χ0v) is 20.2. The number of carbonyl (C=O) groups is 1. The van der Waals surface area contributed by atoms with Crippen molar-refractivity contribution >= 4 is 45.7 Å². The molecule has 0 radical (unpaired) electrons. The second kappa shape index (κ2) is 10.9. The van der Waals surface area contributed by atoms with Gasteiger partial charge in [0.25, 0.3) is 0 Å². The van der Waals surface area contributed by atoms with Crippen molar-refractivity contribution in [2.45, 2.75) is 13.0 Å². The van der Waals surface area contributed by atoms with E-state index in [4.69, 9.17) is 0 Å². The van der Waals surface area contributed by atoms with Gasteiger partial charge in [-0.15, -0.1) is 10.2 Å². The highest BCUT2D eigenvalue weighted by molar-refractivity contribution is 14.1. The lowest BCUT2D eigenvalue weighted by Crippen LogP contribution is -2.22. The van der Waals surface area contributed by atoms with Gasteiger partial charge in [0.1, 0.15) is 0 Å². The van der Waals surface area contributed by atoms with Crippen molar-refractivity contribution in [3.05, 3.63) is 94.3 Å². The summed E-state index contributed by atoms with van der Waals surface area (Å²) in [6.45, 7) is 2.26. The minimum Gasteiger partial charge on any atom is -0.377 e. The van der Waals surface area contributed by atoms with Crippen molar-refractivity contribution in [2.24, 2.45) is 0 Å². The Morgan fingerprint density at radius 2 is 1.73 bits per heavy atom. The highest BCUT2D eigenvalue weighted by Crippen LogP contribution is 2.25. The molecule has 1 unspecified atom stereocenters. The molecule has 0 aliphatic heterocycles. The quantitative estimate of drug-likeness (QED) is 0.256. The van der Waals surface area contributed by atoms with Gasteiger partial charge in [-0.2, -0.15) is 0 Å². The minimum atomic E-state index is -0.196. The van der Waals surface area contributed by atoms with Gasteiger partial charge in [-0.25, -0.2) is 0 Å². The normalized spacial score (nSPS) is 11.5. The lowest BCUT2D eigenvalue weighted by Gasteiger charge is -2.17. The molecular weight excluding hydrogens is 527 g/mol. The fourth-order valence-electron chi connectivity index (χ4n) is 3.29. The number of halogens is 1. The van der Waals surface area contributed by atoms with Gasteiger partial charge in [0.15, 0.2) is 5.82 Å². The van der Waals surface area contributed by atoms with Crippen LogP contribution in [-0.2, 0) is 4.79 Å². The van der Waals surface area contributed by atoms with Crippen LogP contribution in [0.4, 0.5) is 17.2 Å². The average molecular weight is 550 g/mol. The molecule has 4 aromatic rings. The Kier molecular flexibility index (Phi) is 7.46. The highest BCUT2D eigenvalue weighted by Gasteiger charge is 2.10. The fourth-order valence-corrected chi connectivity index (χ4v) is 4.15. The summed E-state index contributed by atoms with van der Waals surface area (Å²) in [4.78, 5) is 16.5. The Morgan fingerprint density at radius 3 is 2.48 bits per heavy atom. The first-order valence-electron chi connectivity index (χ1n) is 10.5. The van der Waals surface area contributed by atoms with E-state index in [0.717, 1.165) is 16.9 Å². The van der Waals surface area contributed by atoms with Crippen LogP contribution in [0.25, 0.3) is 11.3 Å². The third-order valence-corrected chi connectivity index (χ3v) is 5.93. The third-order valence-electron chi connectivity index (χ3n) is 4.95. The molecule has 2 aromatic heterocycles. The fraction of sp³-hybridized carbons (Fsp3) is 0.120. The molecular formula is C25H23IN6O. The Bertz CT molecular complexity index is 1220. The second-order valence-corrected chi connectivity index (χ2v) is 8.58. The molecule has 166 valence electrons. The van der Waals surface area contributed by atoms with E-state index in [2.05, 4.69) is 72.8 Å². The number of anilines is 3.